The Morgan fingerprint density at radius 2 is 2.11 bits per heavy atom. The van der Waals surface area contributed by atoms with E-state index >= 15 is 0 Å². The summed E-state index contributed by atoms with van der Waals surface area (Å²) >= 11 is 1.79. The number of fused-ring (bicyclic) bond motifs is 3. The smallest absolute Gasteiger partial charge is 0.138 e. The van der Waals surface area contributed by atoms with E-state index in [-0.39, 0.29) is 12.1 Å². The van der Waals surface area contributed by atoms with Crippen LogP contribution in [-0.4, -0.2) is 27.2 Å². The van der Waals surface area contributed by atoms with E-state index in [1.807, 2.05) is 13.8 Å². The van der Waals surface area contributed by atoms with Crippen molar-refractivity contribution >= 4 is 27.4 Å². The second-order valence-electron chi connectivity index (χ2n) is 5.78. The minimum absolute atomic E-state index is 0.0742. The molecule has 0 radical (unpaired) electrons. The molecule has 2 N–H and O–H groups in total. The maximum absolute atomic E-state index is 9.41. The van der Waals surface area contributed by atoms with Gasteiger partial charge in [0.1, 0.15) is 17.0 Å². The number of anilines is 1. The molecule has 0 aromatic carbocycles. The first-order chi connectivity index (χ1) is 9.11. The summed E-state index contributed by atoms with van der Waals surface area (Å²) < 4.78 is 0. The molecule has 2 aromatic rings. The summed E-state index contributed by atoms with van der Waals surface area (Å²) in [5.41, 5.74) is 1.05. The van der Waals surface area contributed by atoms with Gasteiger partial charge in [-0.25, -0.2) is 9.97 Å². The lowest BCUT2D eigenvalue weighted by atomic mass is 9.96. The summed E-state index contributed by atoms with van der Waals surface area (Å²) in [5, 5.41) is 13.9. The van der Waals surface area contributed by atoms with E-state index in [0.29, 0.717) is 0 Å². The first kappa shape index (κ1) is 12.8. The molecule has 4 nitrogen and oxygen atoms in total. The fourth-order valence-electron chi connectivity index (χ4n) is 2.55. The van der Waals surface area contributed by atoms with E-state index < -0.39 is 0 Å². The van der Waals surface area contributed by atoms with Crippen LogP contribution in [0.1, 0.15) is 37.1 Å². The Balaban J connectivity index is 2.11. The number of thiophene rings is 1. The average Bonchev–Trinajstić information content (AvgIpc) is 2.78. The van der Waals surface area contributed by atoms with Crippen molar-refractivity contribution in [2.24, 2.45) is 0 Å². The molecule has 0 aliphatic heterocycles. The highest BCUT2D eigenvalue weighted by Crippen LogP contribution is 2.38. The van der Waals surface area contributed by atoms with Gasteiger partial charge in [0, 0.05) is 4.88 Å². The third kappa shape index (κ3) is 2.32. The van der Waals surface area contributed by atoms with E-state index in [4.69, 9.17) is 0 Å². The minimum Gasteiger partial charge on any atom is -0.394 e. The van der Waals surface area contributed by atoms with Gasteiger partial charge < -0.3 is 10.4 Å². The second-order valence-corrected chi connectivity index (χ2v) is 6.86. The summed E-state index contributed by atoms with van der Waals surface area (Å²) in [6.07, 6.45) is 6.42. The topological polar surface area (TPSA) is 58.0 Å². The Hall–Kier alpha value is -1.20. The van der Waals surface area contributed by atoms with E-state index in [0.717, 1.165) is 17.1 Å². The van der Waals surface area contributed by atoms with Crippen LogP contribution in [0.3, 0.4) is 0 Å². The zero-order valence-corrected chi connectivity index (χ0v) is 12.2. The van der Waals surface area contributed by atoms with E-state index in [1.165, 1.54) is 35.1 Å². The highest BCUT2D eigenvalue weighted by atomic mass is 32.1. The van der Waals surface area contributed by atoms with Crippen molar-refractivity contribution < 1.29 is 5.11 Å². The van der Waals surface area contributed by atoms with Crippen molar-refractivity contribution in [2.45, 2.75) is 45.1 Å². The van der Waals surface area contributed by atoms with Crippen LogP contribution in [0.5, 0.6) is 0 Å². The number of rotatable bonds is 3. The maximum atomic E-state index is 9.41. The molecule has 102 valence electrons. The summed E-state index contributed by atoms with van der Waals surface area (Å²) in [6.45, 7) is 4.02. The van der Waals surface area contributed by atoms with Crippen LogP contribution in [0, 0.1) is 0 Å². The number of nitrogens with one attached hydrogen (secondary N) is 1. The Morgan fingerprint density at radius 1 is 1.32 bits per heavy atom. The van der Waals surface area contributed by atoms with Gasteiger partial charge in [-0.3, -0.25) is 0 Å². The maximum Gasteiger partial charge on any atom is 0.138 e. The number of hydrogen-bond donors (Lipinski definition) is 2. The number of hydrogen-bond acceptors (Lipinski definition) is 5. The minimum atomic E-state index is -0.370. The van der Waals surface area contributed by atoms with E-state index in [2.05, 4.69) is 15.3 Å². The van der Waals surface area contributed by atoms with Crippen LogP contribution in [0.2, 0.25) is 0 Å². The van der Waals surface area contributed by atoms with Crippen molar-refractivity contribution in [1.29, 1.82) is 0 Å². The van der Waals surface area contributed by atoms with Crippen LogP contribution in [0.15, 0.2) is 6.33 Å². The largest absolute Gasteiger partial charge is 0.394 e. The van der Waals surface area contributed by atoms with Gasteiger partial charge in [0.25, 0.3) is 0 Å². The molecule has 0 bridgehead atoms. The Morgan fingerprint density at radius 3 is 2.89 bits per heavy atom. The molecule has 2 heterocycles. The molecule has 1 aliphatic rings. The fourth-order valence-corrected chi connectivity index (χ4v) is 3.77. The number of aryl methyl sites for hydroxylation is 2. The number of aliphatic hydroxyl groups is 1. The summed E-state index contributed by atoms with van der Waals surface area (Å²) in [5.74, 6) is 0.864. The van der Waals surface area contributed by atoms with Gasteiger partial charge in [0.05, 0.1) is 17.5 Å². The number of nitrogens with zero attached hydrogens (tertiary/aromatic N) is 2. The Kier molecular flexibility index (Phi) is 3.19. The molecule has 3 rings (SSSR count). The Labute approximate surface area is 116 Å². The van der Waals surface area contributed by atoms with Crippen molar-refractivity contribution in [2.75, 3.05) is 11.9 Å². The lowest BCUT2D eigenvalue weighted by Gasteiger charge is -2.24. The predicted molar refractivity (Wildman–Crippen MR) is 78.8 cm³/mol. The molecular weight excluding hydrogens is 258 g/mol. The van der Waals surface area contributed by atoms with E-state index in [1.54, 1.807) is 17.7 Å². The molecule has 1 aliphatic carbocycles. The van der Waals surface area contributed by atoms with Crippen LogP contribution < -0.4 is 5.32 Å². The first-order valence-corrected chi connectivity index (χ1v) is 7.57. The molecule has 5 heteroatoms. The van der Waals surface area contributed by atoms with Gasteiger partial charge in [-0.15, -0.1) is 11.3 Å². The lowest BCUT2D eigenvalue weighted by Crippen LogP contribution is -2.35. The highest BCUT2D eigenvalue weighted by molar-refractivity contribution is 7.19. The van der Waals surface area contributed by atoms with Crippen molar-refractivity contribution in [3.05, 3.63) is 16.8 Å². The van der Waals surface area contributed by atoms with Gasteiger partial charge in [0.2, 0.25) is 0 Å². The summed E-state index contributed by atoms with van der Waals surface area (Å²) in [7, 11) is 0. The quantitative estimate of drug-likeness (QED) is 0.905. The number of aromatic nitrogens is 2. The van der Waals surface area contributed by atoms with Gasteiger partial charge in [-0.05, 0) is 45.1 Å². The average molecular weight is 277 g/mol. The summed E-state index contributed by atoms with van der Waals surface area (Å²) in [4.78, 5) is 11.3. The molecular formula is C14H19N3OS. The van der Waals surface area contributed by atoms with Crippen LogP contribution >= 0.6 is 11.3 Å². The van der Waals surface area contributed by atoms with Crippen LogP contribution in [0.25, 0.3) is 10.2 Å². The molecule has 0 spiro atoms. The molecule has 0 atom stereocenters. The molecule has 0 amide bonds. The molecule has 0 fully saturated rings. The third-order valence-corrected chi connectivity index (χ3v) is 4.80. The molecule has 0 unspecified atom stereocenters. The van der Waals surface area contributed by atoms with Gasteiger partial charge >= 0.3 is 0 Å². The fraction of sp³-hybridized carbons (Fsp3) is 0.571. The van der Waals surface area contributed by atoms with Crippen LogP contribution in [0.4, 0.5) is 5.82 Å². The van der Waals surface area contributed by atoms with Crippen molar-refractivity contribution in [3.8, 4) is 0 Å². The molecule has 19 heavy (non-hydrogen) atoms. The predicted octanol–water partition coefficient (Wildman–Crippen LogP) is 2.75. The second kappa shape index (κ2) is 4.72. The molecule has 0 saturated heterocycles. The standard InChI is InChI=1S/C14H19N3OS/c1-14(2,7-18)17-12-11-9-5-3-4-6-10(9)19-13(11)16-8-15-12/h8,18H,3-7H2,1-2H3,(H,15,16,17). The first-order valence-electron chi connectivity index (χ1n) is 6.75. The van der Waals surface area contributed by atoms with Gasteiger partial charge in [-0.1, -0.05) is 0 Å². The van der Waals surface area contributed by atoms with Gasteiger partial charge in [0.15, 0.2) is 0 Å². The zero-order valence-electron chi connectivity index (χ0n) is 11.4. The van der Waals surface area contributed by atoms with Gasteiger partial charge in [-0.2, -0.15) is 0 Å². The zero-order chi connectivity index (χ0) is 13.5. The summed E-state index contributed by atoms with van der Waals surface area (Å²) in [6, 6.07) is 0. The monoisotopic (exact) mass is 277 g/mol. The van der Waals surface area contributed by atoms with E-state index in [9.17, 15) is 5.11 Å². The SMILES string of the molecule is CC(C)(CO)Nc1ncnc2sc3c(c12)CCCC3. The number of aliphatic hydroxyl groups excluding tert-OH is 1. The van der Waals surface area contributed by atoms with Crippen molar-refractivity contribution in [3.63, 3.8) is 0 Å². The van der Waals surface area contributed by atoms with Crippen molar-refractivity contribution in [1.82, 2.24) is 9.97 Å². The highest BCUT2D eigenvalue weighted by Gasteiger charge is 2.23. The van der Waals surface area contributed by atoms with Crippen LogP contribution in [-0.2, 0) is 12.8 Å². The normalized spacial score (nSPS) is 15.5. The molecule has 2 aromatic heterocycles. The Bertz CT molecular complexity index is 606. The lowest BCUT2D eigenvalue weighted by molar-refractivity contribution is 0.234. The third-order valence-electron chi connectivity index (χ3n) is 3.60. The molecule has 0 saturated carbocycles.